The van der Waals surface area contributed by atoms with E-state index >= 15 is 0 Å². The molecule has 0 aliphatic carbocycles. The fourth-order valence-electron chi connectivity index (χ4n) is 6.97. The molecule has 0 aliphatic heterocycles. The summed E-state index contributed by atoms with van der Waals surface area (Å²) in [4.78, 5) is 11.7. The number of hydrogen-bond acceptors (Lipinski definition) is 2. The van der Waals surface area contributed by atoms with Crippen LogP contribution in [0.2, 0.25) is 0 Å². The number of esters is 1. The van der Waals surface area contributed by atoms with Gasteiger partial charge in [-0.15, -0.1) is 0 Å². The first-order valence-electron chi connectivity index (χ1n) is 21.5. The SMILES string of the molecule is CC(C)CCCC(C)CCCC(C)CCCCC(C)CCCC(C)CCCC(C)C.CC(C)CCCC(C)CCOC(=O)c1ccccc1. The van der Waals surface area contributed by atoms with E-state index in [1.54, 1.807) is 12.1 Å². The molecule has 0 radical (unpaired) electrons. The molecule has 0 fully saturated rings. The Morgan fingerprint density at radius 1 is 0.408 bits per heavy atom. The smallest absolute Gasteiger partial charge is 0.338 e. The summed E-state index contributed by atoms with van der Waals surface area (Å²) >= 11 is 0. The van der Waals surface area contributed by atoms with Crippen LogP contribution >= 0.6 is 0 Å². The van der Waals surface area contributed by atoms with Crippen molar-refractivity contribution in [3.63, 3.8) is 0 Å². The Labute approximate surface area is 309 Å². The normalized spacial score (nSPS) is 14.7. The summed E-state index contributed by atoms with van der Waals surface area (Å²) in [6.45, 7) is 26.6. The van der Waals surface area contributed by atoms with Crippen LogP contribution in [0, 0.1) is 47.3 Å². The van der Waals surface area contributed by atoms with E-state index < -0.39 is 0 Å². The first kappa shape index (κ1) is 47.7. The van der Waals surface area contributed by atoms with E-state index in [9.17, 15) is 4.79 Å². The highest BCUT2D eigenvalue weighted by molar-refractivity contribution is 5.89. The van der Waals surface area contributed by atoms with E-state index in [2.05, 4.69) is 76.2 Å². The predicted octanol–water partition coefficient (Wildman–Crippen LogP) is 15.8. The molecular formula is C47H88O2. The van der Waals surface area contributed by atoms with E-state index in [0.717, 1.165) is 47.8 Å². The molecule has 5 atom stereocenters. The van der Waals surface area contributed by atoms with Crippen molar-refractivity contribution in [1.29, 1.82) is 0 Å². The number of unbranched alkanes of at least 4 members (excludes halogenated alkanes) is 1. The van der Waals surface area contributed by atoms with Crippen LogP contribution < -0.4 is 0 Å². The maximum Gasteiger partial charge on any atom is 0.338 e. The number of benzene rings is 1. The van der Waals surface area contributed by atoms with Crippen LogP contribution in [0.15, 0.2) is 30.3 Å². The van der Waals surface area contributed by atoms with Crippen LogP contribution in [-0.2, 0) is 4.74 Å². The van der Waals surface area contributed by atoms with Crippen LogP contribution in [-0.4, -0.2) is 12.6 Å². The van der Waals surface area contributed by atoms with Crippen molar-refractivity contribution >= 4 is 5.97 Å². The van der Waals surface area contributed by atoms with E-state index in [0.29, 0.717) is 18.1 Å². The van der Waals surface area contributed by atoms with E-state index in [1.807, 2.05) is 18.2 Å². The Morgan fingerprint density at radius 3 is 1.02 bits per heavy atom. The topological polar surface area (TPSA) is 26.3 Å². The molecule has 1 aromatic carbocycles. The van der Waals surface area contributed by atoms with Gasteiger partial charge >= 0.3 is 5.97 Å². The number of ether oxygens (including phenoxy) is 1. The molecule has 0 aromatic heterocycles. The van der Waals surface area contributed by atoms with E-state index in [1.165, 1.54) is 122 Å². The first-order valence-corrected chi connectivity index (χ1v) is 21.5. The van der Waals surface area contributed by atoms with Gasteiger partial charge in [0.2, 0.25) is 0 Å². The largest absolute Gasteiger partial charge is 0.462 e. The summed E-state index contributed by atoms with van der Waals surface area (Å²) in [5.41, 5.74) is 0.634. The fraction of sp³-hybridized carbons (Fsp3) is 0.851. The van der Waals surface area contributed by atoms with Gasteiger partial charge in [-0.25, -0.2) is 4.79 Å². The second-order valence-electron chi connectivity index (χ2n) is 17.9. The summed E-state index contributed by atoms with van der Waals surface area (Å²) in [5, 5.41) is 0. The van der Waals surface area contributed by atoms with Gasteiger partial charge in [-0.2, -0.15) is 0 Å². The lowest BCUT2D eigenvalue weighted by atomic mass is 9.90. The van der Waals surface area contributed by atoms with Crippen molar-refractivity contribution < 1.29 is 9.53 Å². The molecule has 0 spiro atoms. The molecule has 0 saturated heterocycles. The second kappa shape index (κ2) is 31.4. The Hall–Kier alpha value is -1.31. The lowest BCUT2D eigenvalue weighted by Gasteiger charge is -2.16. The molecule has 5 unspecified atom stereocenters. The number of hydrogen-bond donors (Lipinski definition) is 0. The van der Waals surface area contributed by atoms with Crippen molar-refractivity contribution in [2.24, 2.45) is 47.3 Å². The third-order valence-corrected chi connectivity index (χ3v) is 10.7. The Morgan fingerprint density at radius 2 is 0.694 bits per heavy atom. The van der Waals surface area contributed by atoms with E-state index in [-0.39, 0.29) is 5.97 Å². The lowest BCUT2D eigenvalue weighted by Crippen LogP contribution is -2.09. The molecular weight excluding hydrogens is 597 g/mol. The quantitative estimate of drug-likeness (QED) is 0.0620. The van der Waals surface area contributed by atoms with Gasteiger partial charge in [0.05, 0.1) is 12.2 Å². The summed E-state index contributed by atoms with van der Waals surface area (Å²) < 4.78 is 5.29. The molecule has 0 bridgehead atoms. The number of carbonyl (C=O) groups excluding carboxylic acids is 1. The first-order chi connectivity index (χ1) is 23.3. The Bertz CT molecular complexity index is 809. The molecule has 49 heavy (non-hydrogen) atoms. The molecule has 0 amide bonds. The van der Waals surface area contributed by atoms with Gasteiger partial charge in [0.15, 0.2) is 0 Å². The van der Waals surface area contributed by atoms with Gasteiger partial charge in [-0.3, -0.25) is 0 Å². The zero-order chi connectivity index (χ0) is 36.9. The molecule has 288 valence electrons. The minimum Gasteiger partial charge on any atom is -0.462 e. The minimum atomic E-state index is -0.213. The summed E-state index contributed by atoms with van der Waals surface area (Å²) in [5.74, 6) is 6.71. The van der Waals surface area contributed by atoms with Crippen molar-refractivity contribution in [2.45, 2.75) is 205 Å². The van der Waals surface area contributed by atoms with Crippen LogP contribution in [0.4, 0.5) is 0 Å². The second-order valence-corrected chi connectivity index (χ2v) is 17.9. The predicted molar refractivity (Wildman–Crippen MR) is 219 cm³/mol. The average Bonchev–Trinajstić information content (AvgIpc) is 3.03. The third kappa shape index (κ3) is 32.3. The van der Waals surface area contributed by atoms with Gasteiger partial charge in [0.1, 0.15) is 0 Å². The van der Waals surface area contributed by atoms with E-state index in [4.69, 9.17) is 4.74 Å². The molecule has 1 aromatic rings. The molecule has 2 heteroatoms. The standard InChI is InChI=1S/C30H62.C17H26O2/c1-25(2)15-11-19-29(7)23-13-21-27(5)17-9-10-18-28(6)22-14-24-30(8)20-12-16-26(3)4;1-14(2)8-7-9-15(3)12-13-19-17(18)16-10-5-4-6-11-16/h25-30H,9-24H2,1-8H3;4-6,10-11,14-15H,7-9,12-13H2,1-3H3. The molecule has 0 heterocycles. The molecule has 0 saturated carbocycles. The van der Waals surface area contributed by atoms with Gasteiger partial charge < -0.3 is 4.74 Å². The van der Waals surface area contributed by atoms with Crippen LogP contribution in [0.1, 0.15) is 215 Å². The summed E-state index contributed by atoms with van der Waals surface area (Å²) in [6, 6.07) is 9.17. The zero-order valence-corrected chi connectivity index (χ0v) is 35.2. The van der Waals surface area contributed by atoms with Gasteiger partial charge in [0.25, 0.3) is 0 Å². The van der Waals surface area contributed by atoms with Crippen LogP contribution in [0.3, 0.4) is 0 Å². The highest BCUT2D eigenvalue weighted by atomic mass is 16.5. The molecule has 2 nitrogen and oxygen atoms in total. The summed E-state index contributed by atoms with van der Waals surface area (Å²) in [7, 11) is 0. The highest BCUT2D eigenvalue weighted by Gasteiger charge is 2.10. The fourth-order valence-corrected chi connectivity index (χ4v) is 6.97. The number of rotatable bonds is 29. The van der Waals surface area contributed by atoms with Crippen LogP contribution in [0.5, 0.6) is 0 Å². The molecule has 0 aliphatic rings. The lowest BCUT2D eigenvalue weighted by molar-refractivity contribution is 0.0483. The Kier molecular flexibility index (Phi) is 30.6. The van der Waals surface area contributed by atoms with Gasteiger partial charge in [-0.05, 0) is 65.9 Å². The average molecular weight is 685 g/mol. The number of carbonyl (C=O) groups is 1. The maximum atomic E-state index is 11.7. The van der Waals surface area contributed by atoms with Gasteiger partial charge in [-0.1, -0.05) is 216 Å². The third-order valence-electron chi connectivity index (χ3n) is 10.7. The van der Waals surface area contributed by atoms with Crippen molar-refractivity contribution in [2.75, 3.05) is 6.61 Å². The Balaban J connectivity index is 0.00000104. The minimum absolute atomic E-state index is 0.213. The van der Waals surface area contributed by atoms with Gasteiger partial charge in [0, 0.05) is 0 Å². The molecule has 1 rings (SSSR count). The monoisotopic (exact) mass is 685 g/mol. The van der Waals surface area contributed by atoms with Crippen molar-refractivity contribution in [1.82, 2.24) is 0 Å². The zero-order valence-electron chi connectivity index (χ0n) is 35.2. The maximum absolute atomic E-state index is 11.7. The summed E-state index contributed by atoms with van der Waals surface area (Å²) in [6.07, 6.45) is 27.9. The van der Waals surface area contributed by atoms with Crippen molar-refractivity contribution in [3.05, 3.63) is 35.9 Å². The molecule has 0 N–H and O–H groups in total. The highest BCUT2D eigenvalue weighted by Crippen LogP contribution is 2.24. The van der Waals surface area contributed by atoms with Crippen LogP contribution in [0.25, 0.3) is 0 Å². The van der Waals surface area contributed by atoms with Crippen molar-refractivity contribution in [3.8, 4) is 0 Å².